The number of nitrogens with zero attached hydrogens (tertiary/aromatic N) is 1. The number of hydrogen-bond acceptors (Lipinski definition) is 2. The van der Waals surface area contributed by atoms with Crippen LogP contribution in [-0.2, 0) is 0 Å². The zero-order valence-corrected chi connectivity index (χ0v) is 10.9. The molecule has 1 aliphatic heterocycles. The number of carbonyl (C=O) groups excluding carboxylic acids is 1. The smallest absolute Gasteiger partial charge is 0.256 e. The van der Waals surface area contributed by atoms with E-state index in [1.54, 1.807) is 24.0 Å². The SMILES string of the molecule is CCCC1(N)CN(C(=O)c2ccc(C)cc2F)C1. The van der Waals surface area contributed by atoms with E-state index in [-0.39, 0.29) is 17.0 Å². The quantitative estimate of drug-likeness (QED) is 0.892. The van der Waals surface area contributed by atoms with Crippen LogP contribution in [0.3, 0.4) is 0 Å². The molecule has 1 heterocycles. The van der Waals surface area contributed by atoms with Gasteiger partial charge in [0, 0.05) is 13.1 Å². The Balaban J connectivity index is 2.06. The summed E-state index contributed by atoms with van der Waals surface area (Å²) in [6, 6.07) is 4.68. The molecule has 0 aromatic heterocycles. The zero-order chi connectivity index (χ0) is 13.3. The number of halogens is 1. The molecule has 18 heavy (non-hydrogen) atoms. The summed E-state index contributed by atoms with van der Waals surface area (Å²) in [5.74, 6) is -0.713. The third-order valence-electron chi connectivity index (χ3n) is 3.40. The second-order valence-electron chi connectivity index (χ2n) is 5.26. The van der Waals surface area contributed by atoms with E-state index < -0.39 is 5.82 Å². The van der Waals surface area contributed by atoms with Crippen molar-refractivity contribution in [3.8, 4) is 0 Å². The van der Waals surface area contributed by atoms with E-state index in [4.69, 9.17) is 5.73 Å². The van der Waals surface area contributed by atoms with Gasteiger partial charge >= 0.3 is 0 Å². The number of aryl methyl sites for hydroxylation is 1. The van der Waals surface area contributed by atoms with Crippen molar-refractivity contribution in [1.82, 2.24) is 4.90 Å². The van der Waals surface area contributed by atoms with Gasteiger partial charge in [0.2, 0.25) is 0 Å². The fraction of sp³-hybridized carbons (Fsp3) is 0.500. The maximum absolute atomic E-state index is 13.7. The van der Waals surface area contributed by atoms with Crippen LogP contribution in [0, 0.1) is 12.7 Å². The van der Waals surface area contributed by atoms with Gasteiger partial charge in [-0.2, -0.15) is 0 Å². The maximum atomic E-state index is 13.7. The van der Waals surface area contributed by atoms with E-state index in [9.17, 15) is 9.18 Å². The molecule has 3 nitrogen and oxygen atoms in total. The molecule has 2 rings (SSSR count). The lowest BCUT2D eigenvalue weighted by Gasteiger charge is -2.47. The highest BCUT2D eigenvalue weighted by Gasteiger charge is 2.41. The molecule has 0 bridgehead atoms. The lowest BCUT2D eigenvalue weighted by Crippen LogP contribution is -2.68. The average Bonchev–Trinajstić information content (AvgIpc) is 2.25. The highest BCUT2D eigenvalue weighted by molar-refractivity contribution is 5.95. The van der Waals surface area contributed by atoms with Crippen molar-refractivity contribution in [1.29, 1.82) is 0 Å². The number of rotatable bonds is 3. The minimum absolute atomic E-state index is 0.138. The van der Waals surface area contributed by atoms with Crippen molar-refractivity contribution < 1.29 is 9.18 Å². The Morgan fingerprint density at radius 2 is 2.17 bits per heavy atom. The van der Waals surface area contributed by atoms with Crippen LogP contribution in [0.1, 0.15) is 35.7 Å². The molecular weight excluding hydrogens is 231 g/mol. The van der Waals surface area contributed by atoms with E-state index in [2.05, 4.69) is 6.92 Å². The van der Waals surface area contributed by atoms with E-state index in [0.29, 0.717) is 13.1 Å². The molecule has 1 saturated heterocycles. The van der Waals surface area contributed by atoms with Crippen molar-refractivity contribution >= 4 is 5.91 Å². The van der Waals surface area contributed by atoms with Crippen molar-refractivity contribution in [2.45, 2.75) is 32.2 Å². The van der Waals surface area contributed by atoms with Gasteiger partial charge in [0.05, 0.1) is 11.1 Å². The number of hydrogen-bond donors (Lipinski definition) is 1. The van der Waals surface area contributed by atoms with Gasteiger partial charge in [-0.1, -0.05) is 19.4 Å². The van der Waals surface area contributed by atoms with Crippen LogP contribution in [0.25, 0.3) is 0 Å². The molecule has 4 heteroatoms. The van der Waals surface area contributed by atoms with E-state index in [1.807, 2.05) is 0 Å². The van der Waals surface area contributed by atoms with E-state index >= 15 is 0 Å². The van der Waals surface area contributed by atoms with Crippen LogP contribution in [-0.4, -0.2) is 29.4 Å². The second-order valence-corrected chi connectivity index (χ2v) is 5.26. The standard InChI is InChI=1S/C14H19FN2O/c1-3-6-14(16)8-17(9-14)13(18)11-5-4-10(2)7-12(11)15/h4-5,7H,3,6,8-9,16H2,1-2H3. The lowest BCUT2D eigenvalue weighted by atomic mass is 9.86. The first-order chi connectivity index (χ1) is 8.45. The van der Waals surface area contributed by atoms with Gasteiger partial charge in [-0.25, -0.2) is 4.39 Å². The zero-order valence-electron chi connectivity index (χ0n) is 10.9. The molecule has 2 N–H and O–H groups in total. The predicted molar refractivity (Wildman–Crippen MR) is 68.9 cm³/mol. The number of nitrogens with two attached hydrogens (primary N) is 1. The van der Waals surface area contributed by atoms with Gasteiger partial charge in [-0.3, -0.25) is 4.79 Å². The Kier molecular flexibility index (Phi) is 3.39. The number of likely N-dealkylation sites (tertiary alicyclic amines) is 1. The Hall–Kier alpha value is -1.42. The van der Waals surface area contributed by atoms with Crippen LogP contribution < -0.4 is 5.73 Å². The first-order valence-electron chi connectivity index (χ1n) is 6.29. The first kappa shape index (κ1) is 13.0. The van der Waals surface area contributed by atoms with Gasteiger partial charge in [0.25, 0.3) is 5.91 Å². The molecule has 98 valence electrons. The highest BCUT2D eigenvalue weighted by atomic mass is 19.1. The second kappa shape index (κ2) is 4.69. The third kappa shape index (κ3) is 2.38. The van der Waals surface area contributed by atoms with Crippen LogP contribution >= 0.6 is 0 Å². The third-order valence-corrected chi connectivity index (χ3v) is 3.40. The summed E-state index contributed by atoms with van der Waals surface area (Å²) in [6.07, 6.45) is 1.89. The van der Waals surface area contributed by atoms with Gasteiger partial charge in [0.1, 0.15) is 5.82 Å². The molecule has 0 saturated carbocycles. The van der Waals surface area contributed by atoms with Crippen molar-refractivity contribution in [2.24, 2.45) is 5.73 Å². The Morgan fingerprint density at radius 3 is 2.72 bits per heavy atom. The van der Waals surface area contributed by atoms with Crippen LogP contribution in [0.4, 0.5) is 4.39 Å². The van der Waals surface area contributed by atoms with Crippen molar-refractivity contribution in [3.05, 3.63) is 35.1 Å². The minimum atomic E-state index is -0.454. The summed E-state index contributed by atoms with van der Waals surface area (Å²) in [5.41, 5.74) is 6.77. The monoisotopic (exact) mass is 250 g/mol. The molecule has 0 radical (unpaired) electrons. The molecular formula is C14H19FN2O. The Morgan fingerprint density at radius 1 is 1.50 bits per heavy atom. The largest absolute Gasteiger partial charge is 0.335 e. The van der Waals surface area contributed by atoms with Gasteiger partial charge < -0.3 is 10.6 Å². The van der Waals surface area contributed by atoms with Crippen LogP contribution in [0.5, 0.6) is 0 Å². The average molecular weight is 250 g/mol. The maximum Gasteiger partial charge on any atom is 0.256 e. The van der Waals surface area contributed by atoms with Crippen molar-refractivity contribution in [3.63, 3.8) is 0 Å². The molecule has 1 fully saturated rings. The molecule has 0 spiro atoms. The Bertz CT molecular complexity index is 467. The van der Waals surface area contributed by atoms with Gasteiger partial charge in [-0.05, 0) is 31.0 Å². The van der Waals surface area contributed by atoms with E-state index in [0.717, 1.165) is 18.4 Å². The first-order valence-corrected chi connectivity index (χ1v) is 6.29. The summed E-state index contributed by atoms with van der Waals surface area (Å²) >= 11 is 0. The molecule has 0 aliphatic carbocycles. The van der Waals surface area contributed by atoms with Gasteiger partial charge in [-0.15, -0.1) is 0 Å². The summed E-state index contributed by atoms with van der Waals surface area (Å²) in [4.78, 5) is 13.7. The molecule has 1 aliphatic rings. The van der Waals surface area contributed by atoms with Gasteiger partial charge in [0.15, 0.2) is 0 Å². The summed E-state index contributed by atoms with van der Waals surface area (Å²) in [6.45, 7) is 4.91. The molecule has 1 aromatic rings. The summed E-state index contributed by atoms with van der Waals surface area (Å²) in [5, 5.41) is 0. The fourth-order valence-corrected chi connectivity index (χ4v) is 2.48. The Labute approximate surface area is 107 Å². The van der Waals surface area contributed by atoms with E-state index in [1.165, 1.54) is 6.07 Å². The highest BCUT2D eigenvalue weighted by Crippen LogP contribution is 2.25. The predicted octanol–water partition coefficient (Wildman–Crippen LogP) is 2.09. The van der Waals surface area contributed by atoms with Crippen LogP contribution in [0.15, 0.2) is 18.2 Å². The topological polar surface area (TPSA) is 46.3 Å². The number of benzene rings is 1. The normalized spacial score (nSPS) is 17.4. The number of amides is 1. The van der Waals surface area contributed by atoms with Crippen molar-refractivity contribution in [2.75, 3.05) is 13.1 Å². The fourth-order valence-electron chi connectivity index (χ4n) is 2.48. The summed E-state index contributed by atoms with van der Waals surface area (Å²) < 4.78 is 13.7. The molecule has 0 unspecified atom stereocenters. The number of carbonyl (C=O) groups is 1. The molecule has 0 atom stereocenters. The summed E-state index contributed by atoms with van der Waals surface area (Å²) in [7, 11) is 0. The van der Waals surface area contributed by atoms with Crippen LogP contribution in [0.2, 0.25) is 0 Å². The molecule has 1 amide bonds. The molecule has 1 aromatic carbocycles. The minimum Gasteiger partial charge on any atom is -0.335 e. The lowest BCUT2D eigenvalue weighted by molar-refractivity contribution is 0.0382.